The van der Waals surface area contributed by atoms with Crippen molar-refractivity contribution in [2.75, 3.05) is 4.90 Å². The Labute approximate surface area is 163 Å². The molecule has 138 valence electrons. The van der Waals surface area contributed by atoms with Crippen LogP contribution in [-0.2, 0) is 4.79 Å². The number of aliphatic hydroxyl groups excluding tert-OH is 1. The van der Waals surface area contributed by atoms with E-state index in [-0.39, 0.29) is 11.3 Å². The number of nitrogens with zero attached hydrogens (tertiary/aromatic N) is 2. The molecule has 1 aliphatic rings. The van der Waals surface area contributed by atoms with Crippen LogP contribution in [-0.4, -0.2) is 27.8 Å². The van der Waals surface area contributed by atoms with Crippen molar-refractivity contribution in [3.63, 3.8) is 0 Å². The number of fused-ring (bicyclic) bond motifs is 1. The van der Waals surface area contributed by atoms with E-state index in [1.54, 1.807) is 31.2 Å². The van der Waals surface area contributed by atoms with Gasteiger partial charge in [-0.15, -0.1) is 0 Å². The van der Waals surface area contributed by atoms with Gasteiger partial charge in [-0.1, -0.05) is 29.9 Å². The topological polar surface area (TPSA) is 83.6 Å². The summed E-state index contributed by atoms with van der Waals surface area (Å²) in [5.74, 6) is -1.02. The summed E-state index contributed by atoms with van der Waals surface area (Å²) in [5, 5.41) is 11.4. The molecule has 1 N–H and O–H groups in total. The van der Waals surface area contributed by atoms with Crippen LogP contribution in [0, 0.1) is 6.92 Å². The molecular weight excluding hydrogens is 388 g/mol. The molecule has 4 rings (SSSR count). The second kappa shape index (κ2) is 6.51. The van der Waals surface area contributed by atoms with Crippen LogP contribution in [0.25, 0.3) is 10.2 Å². The quantitative estimate of drug-likeness (QED) is 0.641. The zero-order valence-electron chi connectivity index (χ0n) is 14.5. The molecule has 1 atom stereocenters. The van der Waals surface area contributed by atoms with Gasteiger partial charge in [0, 0.05) is 5.02 Å². The van der Waals surface area contributed by atoms with Crippen molar-refractivity contribution in [3.8, 4) is 0 Å². The van der Waals surface area contributed by atoms with Gasteiger partial charge in [-0.3, -0.25) is 14.5 Å². The molecule has 1 aliphatic heterocycles. The van der Waals surface area contributed by atoms with E-state index in [0.717, 1.165) is 4.70 Å². The van der Waals surface area contributed by atoms with E-state index in [0.29, 0.717) is 27.9 Å². The molecule has 1 amide bonds. The van der Waals surface area contributed by atoms with E-state index in [9.17, 15) is 14.7 Å². The Hall–Kier alpha value is -2.64. The molecular formula is C19H15ClN2O4S. The number of aromatic nitrogens is 1. The number of anilines is 1. The lowest BCUT2D eigenvalue weighted by Gasteiger charge is -2.22. The van der Waals surface area contributed by atoms with Gasteiger partial charge in [0.25, 0.3) is 5.91 Å². The number of thiazole rings is 1. The zero-order chi connectivity index (χ0) is 19.3. The molecule has 1 aromatic carbocycles. The van der Waals surface area contributed by atoms with Crippen LogP contribution in [0.2, 0.25) is 5.02 Å². The number of furan rings is 1. The van der Waals surface area contributed by atoms with E-state index in [2.05, 4.69) is 4.98 Å². The van der Waals surface area contributed by atoms with Crippen LogP contribution in [0.5, 0.6) is 0 Å². The van der Waals surface area contributed by atoms with E-state index in [1.165, 1.54) is 22.3 Å². The minimum Gasteiger partial charge on any atom is -0.503 e. The molecule has 1 unspecified atom stereocenters. The summed E-state index contributed by atoms with van der Waals surface area (Å²) in [7, 11) is 0. The minimum atomic E-state index is -0.640. The van der Waals surface area contributed by atoms with E-state index in [1.807, 2.05) is 6.92 Å². The number of hydrogen-bond donors (Lipinski definition) is 1. The standard InChI is InChI=1S/C19H15ClN2O4S/c1-3-12-15(16(23)13-7-4-9(2)26-13)17(24)18(25)22(12)19-21-11-6-5-10(20)8-14(11)27-19/h4-8,12,24H,3H2,1-2H3. The smallest absolute Gasteiger partial charge is 0.296 e. The number of benzene rings is 1. The highest BCUT2D eigenvalue weighted by Crippen LogP contribution is 2.38. The molecule has 3 aromatic rings. The molecule has 2 aromatic heterocycles. The number of Topliss-reactive ketones (excluding diaryl/α,β-unsaturated/α-hetero) is 1. The highest BCUT2D eigenvalue weighted by Gasteiger charge is 2.44. The summed E-state index contributed by atoms with van der Waals surface area (Å²) in [6, 6.07) is 7.84. The number of carbonyl (C=O) groups is 2. The van der Waals surface area contributed by atoms with Gasteiger partial charge in [0.1, 0.15) is 5.76 Å². The zero-order valence-corrected chi connectivity index (χ0v) is 16.1. The Balaban J connectivity index is 1.77. The van der Waals surface area contributed by atoms with Gasteiger partial charge >= 0.3 is 0 Å². The summed E-state index contributed by atoms with van der Waals surface area (Å²) in [6.45, 7) is 3.56. The molecule has 0 saturated carbocycles. The average Bonchev–Trinajstić information content (AvgIpc) is 3.31. The van der Waals surface area contributed by atoms with Gasteiger partial charge in [-0.05, 0) is 43.7 Å². The number of aryl methyl sites for hydroxylation is 1. The van der Waals surface area contributed by atoms with E-state index in [4.69, 9.17) is 16.0 Å². The number of halogens is 1. The molecule has 0 saturated heterocycles. The van der Waals surface area contributed by atoms with Crippen molar-refractivity contribution in [2.45, 2.75) is 26.3 Å². The predicted molar refractivity (Wildman–Crippen MR) is 104 cm³/mol. The van der Waals surface area contributed by atoms with Crippen molar-refractivity contribution in [1.29, 1.82) is 0 Å². The van der Waals surface area contributed by atoms with Crippen LogP contribution in [0.15, 0.2) is 46.1 Å². The first-order valence-corrected chi connectivity index (χ1v) is 9.54. The number of amides is 1. The Morgan fingerprint density at radius 1 is 1.37 bits per heavy atom. The number of carbonyl (C=O) groups excluding carboxylic acids is 2. The number of hydrogen-bond acceptors (Lipinski definition) is 6. The Morgan fingerprint density at radius 2 is 2.15 bits per heavy atom. The summed E-state index contributed by atoms with van der Waals surface area (Å²) < 4.78 is 6.20. The third-order valence-electron chi connectivity index (χ3n) is 4.46. The van der Waals surface area contributed by atoms with Crippen LogP contribution in [0.1, 0.15) is 29.7 Å². The van der Waals surface area contributed by atoms with Crippen molar-refractivity contribution in [3.05, 3.63) is 58.2 Å². The Bertz CT molecular complexity index is 1110. The highest BCUT2D eigenvalue weighted by atomic mass is 35.5. The summed E-state index contributed by atoms with van der Waals surface area (Å²) in [5.41, 5.74) is 0.733. The van der Waals surface area contributed by atoms with Crippen molar-refractivity contribution < 1.29 is 19.1 Å². The fourth-order valence-corrected chi connectivity index (χ4v) is 4.49. The first kappa shape index (κ1) is 17.8. The third kappa shape index (κ3) is 2.83. The second-order valence-corrected chi connectivity index (χ2v) is 7.65. The lowest BCUT2D eigenvalue weighted by Crippen LogP contribution is -2.36. The first-order valence-electron chi connectivity index (χ1n) is 8.34. The van der Waals surface area contributed by atoms with E-state index < -0.39 is 23.5 Å². The van der Waals surface area contributed by atoms with Crippen molar-refractivity contribution >= 4 is 50.0 Å². The fourth-order valence-electron chi connectivity index (χ4n) is 3.20. The van der Waals surface area contributed by atoms with Gasteiger partial charge in [0.05, 0.1) is 21.8 Å². The largest absolute Gasteiger partial charge is 0.503 e. The van der Waals surface area contributed by atoms with Crippen LogP contribution in [0.3, 0.4) is 0 Å². The molecule has 8 heteroatoms. The van der Waals surface area contributed by atoms with Crippen molar-refractivity contribution in [1.82, 2.24) is 4.98 Å². The van der Waals surface area contributed by atoms with Gasteiger partial charge in [0.15, 0.2) is 16.7 Å². The minimum absolute atomic E-state index is 0.0362. The molecule has 0 spiro atoms. The predicted octanol–water partition coefficient (Wildman–Crippen LogP) is 4.67. The number of aliphatic hydroxyl groups is 1. The average molecular weight is 403 g/mol. The second-order valence-electron chi connectivity index (χ2n) is 6.21. The number of rotatable bonds is 4. The van der Waals surface area contributed by atoms with Crippen LogP contribution >= 0.6 is 22.9 Å². The van der Waals surface area contributed by atoms with Gasteiger partial charge in [0.2, 0.25) is 5.78 Å². The summed E-state index contributed by atoms with van der Waals surface area (Å²) in [6.07, 6.45) is 0.438. The van der Waals surface area contributed by atoms with Crippen LogP contribution in [0.4, 0.5) is 5.13 Å². The fraction of sp³-hybridized carbons (Fsp3) is 0.211. The third-order valence-corrected chi connectivity index (χ3v) is 5.71. The Morgan fingerprint density at radius 3 is 2.81 bits per heavy atom. The highest BCUT2D eigenvalue weighted by molar-refractivity contribution is 7.22. The lowest BCUT2D eigenvalue weighted by atomic mass is 10.00. The summed E-state index contributed by atoms with van der Waals surface area (Å²) in [4.78, 5) is 31.5. The maximum Gasteiger partial charge on any atom is 0.296 e. The molecule has 0 bridgehead atoms. The van der Waals surface area contributed by atoms with Gasteiger partial charge in [-0.2, -0.15) is 0 Å². The SMILES string of the molecule is CCC1C(C(=O)c2ccc(C)o2)=C(O)C(=O)N1c1nc2ccc(Cl)cc2s1. The molecule has 0 fully saturated rings. The molecule has 6 nitrogen and oxygen atoms in total. The maximum absolute atomic E-state index is 12.9. The molecule has 0 radical (unpaired) electrons. The molecule has 3 heterocycles. The first-order chi connectivity index (χ1) is 12.9. The normalized spacial score (nSPS) is 17.4. The number of ketones is 1. The summed E-state index contributed by atoms with van der Waals surface area (Å²) >= 11 is 7.31. The molecule has 0 aliphatic carbocycles. The van der Waals surface area contributed by atoms with Gasteiger partial charge < -0.3 is 9.52 Å². The van der Waals surface area contributed by atoms with Crippen LogP contribution < -0.4 is 4.90 Å². The lowest BCUT2D eigenvalue weighted by molar-refractivity contribution is -0.117. The van der Waals surface area contributed by atoms with Gasteiger partial charge in [-0.25, -0.2) is 4.98 Å². The Kier molecular flexibility index (Phi) is 4.28. The monoisotopic (exact) mass is 402 g/mol. The molecule has 27 heavy (non-hydrogen) atoms. The van der Waals surface area contributed by atoms with Crippen molar-refractivity contribution in [2.24, 2.45) is 0 Å². The van der Waals surface area contributed by atoms with E-state index >= 15 is 0 Å². The maximum atomic E-state index is 12.9.